The highest BCUT2D eigenvalue weighted by molar-refractivity contribution is 14.1. The van der Waals surface area contributed by atoms with Crippen molar-refractivity contribution in [3.8, 4) is 5.75 Å². The average Bonchev–Trinajstić information content (AvgIpc) is 4.03. The molecule has 3 aliphatic rings. The molecule has 4 N–H and O–H groups in total. The lowest BCUT2D eigenvalue weighted by Gasteiger charge is -2.21. The fourth-order valence-corrected chi connectivity index (χ4v) is 8.03. The Morgan fingerprint density at radius 3 is 2.19 bits per heavy atom. The van der Waals surface area contributed by atoms with E-state index in [1.807, 2.05) is 36.4 Å². The van der Waals surface area contributed by atoms with E-state index in [0.29, 0.717) is 34.7 Å². The summed E-state index contributed by atoms with van der Waals surface area (Å²) in [4.78, 5) is 43.8. The fraction of sp³-hybridized carbons (Fsp3) is 0.209. The molecular weight excluding hydrogens is 991 g/mol. The topological polar surface area (TPSA) is 133 Å². The van der Waals surface area contributed by atoms with Crippen LogP contribution in [0.25, 0.3) is 0 Å². The third-order valence-corrected chi connectivity index (χ3v) is 11.6. The van der Waals surface area contributed by atoms with Crippen LogP contribution < -0.4 is 26.0 Å². The Morgan fingerprint density at radius 2 is 1.47 bits per heavy atom. The Hall–Kier alpha value is -4.89. The van der Waals surface area contributed by atoms with E-state index < -0.39 is 17.6 Å². The van der Waals surface area contributed by atoms with Crippen molar-refractivity contribution in [3.63, 3.8) is 0 Å². The van der Waals surface area contributed by atoms with Crippen LogP contribution in [0, 0.1) is 7.14 Å². The molecule has 2 amide bonds. The average molecular weight is 1030 g/mol. The van der Waals surface area contributed by atoms with Gasteiger partial charge in [0, 0.05) is 48.3 Å². The lowest BCUT2D eigenvalue weighted by Crippen LogP contribution is -2.25. The van der Waals surface area contributed by atoms with Crippen LogP contribution in [-0.4, -0.2) is 55.9 Å². The third kappa shape index (κ3) is 9.78. The quantitative estimate of drug-likeness (QED) is 0.0860. The molecule has 16 heteroatoms. The van der Waals surface area contributed by atoms with Crippen LogP contribution in [0.5, 0.6) is 5.75 Å². The summed E-state index contributed by atoms with van der Waals surface area (Å²) in [5.41, 5.74) is 6.73. The van der Waals surface area contributed by atoms with Crippen LogP contribution in [0.4, 0.5) is 24.5 Å². The smallest absolute Gasteiger partial charge is 0.417 e. The molecule has 0 aromatic heterocycles. The minimum Gasteiger partial charge on any atom is -0.496 e. The van der Waals surface area contributed by atoms with Crippen LogP contribution >= 0.6 is 45.2 Å². The van der Waals surface area contributed by atoms with Crippen LogP contribution in [-0.2, 0) is 36.9 Å². The summed E-state index contributed by atoms with van der Waals surface area (Å²) in [5.74, 6) is -0.337. The van der Waals surface area contributed by atoms with Crippen LogP contribution in [0.3, 0.4) is 0 Å². The molecule has 5 aromatic rings. The summed E-state index contributed by atoms with van der Waals surface area (Å²) < 4.78 is 46.4. The summed E-state index contributed by atoms with van der Waals surface area (Å²) in [6.45, 7) is 3.29. The number of hydrogen-bond donors (Lipinski definition) is 4. The summed E-state index contributed by atoms with van der Waals surface area (Å²) in [5, 5.41) is 17.4. The van der Waals surface area contributed by atoms with Crippen molar-refractivity contribution < 1.29 is 37.1 Å². The van der Waals surface area contributed by atoms with Crippen LogP contribution in [0.2, 0.25) is 0 Å². The summed E-state index contributed by atoms with van der Waals surface area (Å²) >= 11 is 3.78. The minimum absolute atomic E-state index is 0.0659. The molecule has 8 rings (SSSR count). The number of carbonyl (C=O) groups is 3. The lowest BCUT2D eigenvalue weighted by molar-refractivity contribution is -0.138. The molecule has 0 bridgehead atoms. The maximum atomic E-state index is 13.3. The van der Waals surface area contributed by atoms with Gasteiger partial charge in [0.05, 0.1) is 30.9 Å². The Balaban J connectivity index is 0.000000179. The molecule has 0 unspecified atom stereocenters. The standard InChI is InChI=1S/C24H21IN2O3.C19H16F3IN4O2/c1-30-22-10-7-16(23(28)15-5-8-18(25)9-6-15)13-20(22)24(29)27-21-4-2-3-17-14-26-12-11-19(17)21;1-29-27-17(26-27)13-7-15(19(20,21)22)16(23)8-14(13)18(28)25-12-3-2-10-4-5-24-9-11(10)6-12/h2-10,13,26H,11-12,14H2,1H3,(H,27,29);2-3,6-8,24H,4-5,9H2,1H3,(H,25,28). The van der Waals surface area contributed by atoms with Gasteiger partial charge in [0.2, 0.25) is 5.84 Å². The first-order chi connectivity index (χ1) is 28.3. The van der Waals surface area contributed by atoms with Crippen molar-refractivity contribution in [1.82, 2.24) is 15.8 Å². The molecular formula is C43H37F3I2N6O5. The number of nitrogens with one attached hydrogen (secondary N) is 4. The van der Waals surface area contributed by atoms with Crippen molar-refractivity contribution in [1.29, 1.82) is 0 Å². The Labute approximate surface area is 365 Å². The number of amidine groups is 1. The van der Waals surface area contributed by atoms with E-state index in [2.05, 4.69) is 55.0 Å². The van der Waals surface area contributed by atoms with Crippen LogP contribution in [0.15, 0.2) is 96.1 Å². The first-order valence-electron chi connectivity index (χ1n) is 18.4. The molecule has 0 spiro atoms. The molecule has 0 fully saturated rings. The van der Waals surface area contributed by atoms with Gasteiger partial charge in [-0.1, -0.05) is 18.2 Å². The van der Waals surface area contributed by atoms with E-state index in [9.17, 15) is 27.6 Å². The highest BCUT2D eigenvalue weighted by Crippen LogP contribution is 2.37. The largest absolute Gasteiger partial charge is 0.496 e. The maximum absolute atomic E-state index is 13.3. The number of fused-ring (bicyclic) bond motifs is 2. The molecule has 0 saturated heterocycles. The second kappa shape index (κ2) is 18.2. The molecule has 0 atom stereocenters. The number of methoxy groups -OCH3 is 1. The summed E-state index contributed by atoms with van der Waals surface area (Å²) in [6.07, 6.45) is -2.77. The van der Waals surface area contributed by atoms with Gasteiger partial charge in [0.25, 0.3) is 11.8 Å². The predicted octanol–water partition coefficient (Wildman–Crippen LogP) is 8.18. The number of carbonyl (C=O) groups excluding carboxylic acids is 3. The number of nitrogens with zero attached hydrogens (tertiary/aromatic N) is 2. The zero-order valence-electron chi connectivity index (χ0n) is 31.7. The van der Waals surface area contributed by atoms with Gasteiger partial charge in [-0.15, -0.1) is 10.3 Å². The number of ether oxygens (including phenoxy) is 1. The fourth-order valence-electron chi connectivity index (χ4n) is 6.90. The molecule has 0 saturated carbocycles. The third-order valence-electron chi connectivity index (χ3n) is 9.95. The normalized spacial score (nSPS) is 14.2. The number of amides is 2. The van der Waals surface area contributed by atoms with Gasteiger partial charge in [-0.05, 0) is 166 Å². The molecule has 3 heterocycles. The molecule has 5 aromatic carbocycles. The molecule has 59 heavy (non-hydrogen) atoms. The predicted molar refractivity (Wildman–Crippen MR) is 235 cm³/mol. The number of alkyl halides is 3. The number of benzene rings is 5. The second-order valence-electron chi connectivity index (χ2n) is 13.7. The van der Waals surface area contributed by atoms with Crippen molar-refractivity contribution in [2.45, 2.75) is 32.1 Å². The summed E-state index contributed by atoms with van der Waals surface area (Å²) in [6, 6.07) is 26.0. The Kier molecular flexibility index (Phi) is 13.0. The van der Waals surface area contributed by atoms with Gasteiger partial charge in [-0.3, -0.25) is 19.2 Å². The van der Waals surface area contributed by atoms with Crippen molar-refractivity contribution in [2.75, 3.05) is 37.9 Å². The highest BCUT2D eigenvalue weighted by Gasteiger charge is 2.38. The Morgan fingerprint density at radius 1 is 0.763 bits per heavy atom. The van der Waals surface area contributed by atoms with E-state index in [1.165, 1.54) is 31.4 Å². The molecule has 304 valence electrons. The minimum atomic E-state index is -4.54. The molecule has 0 radical (unpaired) electrons. The monoisotopic (exact) mass is 1030 g/mol. The number of halogens is 5. The van der Waals surface area contributed by atoms with Gasteiger partial charge in [0.1, 0.15) is 5.75 Å². The van der Waals surface area contributed by atoms with Gasteiger partial charge < -0.3 is 26.0 Å². The number of ketones is 1. The van der Waals surface area contributed by atoms with Crippen molar-refractivity contribution in [2.24, 2.45) is 5.10 Å². The van der Waals surface area contributed by atoms with E-state index in [-0.39, 0.29) is 32.2 Å². The SMILES string of the molecule is CON1N=C1c1cc(C(F)(F)F)c(I)cc1C(=O)Nc1ccc2c(c1)CNCC2.COc1ccc(C(=O)c2ccc(I)cc2)cc1C(=O)Nc1cccc2c1CCNC2. The second-order valence-corrected chi connectivity index (χ2v) is 16.1. The molecule has 3 aliphatic heterocycles. The number of hydroxylamine groups is 1. The number of hydrazone groups is 1. The van der Waals surface area contributed by atoms with Gasteiger partial charge in [0.15, 0.2) is 5.78 Å². The molecule has 0 aliphatic carbocycles. The highest BCUT2D eigenvalue weighted by atomic mass is 127. The summed E-state index contributed by atoms with van der Waals surface area (Å²) in [7, 11) is 2.86. The zero-order chi connectivity index (χ0) is 41.8. The van der Waals surface area contributed by atoms with Gasteiger partial charge in [-0.25, -0.2) is 0 Å². The van der Waals surface area contributed by atoms with Gasteiger partial charge in [-0.2, -0.15) is 13.2 Å². The zero-order valence-corrected chi connectivity index (χ0v) is 36.0. The number of anilines is 2. The van der Waals surface area contributed by atoms with E-state index in [1.54, 1.807) is 59.0 Å². The molecule has 11 nitrogen and oxygen atoms in total. The first kappa shape index (κ1) is 42.2. The van der Waals surface area contributed by atoms with Gasteiger partial charge >= 0.3 is 6.18 Å². The first-order valence-corrected chi connectivity index (χ1v) is 20.6. The van der Waals surface area contributed by atoms with E-state index in [4.69, 9.17) is 9.57 Å². The van der Waals surface area contributed by atoms with Crippen LogP contribution in [0.1, 0.15) is 70.0 Å². The van der Waals surface area contributed by atoms with E-state index in [0.717, 1.165) is 64.1 Å². The number of hydrogen-bond acceptors (Lipinski definition) is 9. The Bertz CT molecular complexity index is 2480. The van der Waals surface area contributed by atoms with Crippen molar-refractivity contribution in [3.05, 3.63) is 154 Å². The van der Waals surface area contributed by atoms with E-state index >= 15 is 0 Å². The lowest BCUT2D eigenvalue weighted by atomic mass is 9.98. The maximum Gasteiger partial charge on any atom is 0.417 e. The number of rotatable bonds is 9. The van der Waals surface area contributed by atoms with Crippen molar-refractivity contribution >= 4 is 80.0 Å².